The predicted molar refractivity (Wildman–Crippen MR) is 79.9 cm³/mol. The lowest BCUT2D eigenvalue weighted by molar-refractivity contribution is 0.102. The van der Waals surface area contributed by atoms with Crippen LogP contribution in [0.25, 0.3) is 0 Å². The number of nitrogens with one attached hydrogen (secondary N) is 1. The first-order valence-corrected chi connectivity index (χ1v) is 6.53. The van der Waals surface area contributed by atoms with Gasteiger partial charge in [-0.3, -0.25) is 4.79 Å². The molecule has 0 bridgehead atoms. The van der Waals surface area contributed by atoms with E-state index in [0.717, 1.165) is 0 Å². The molecule has 0 fully saturated rings. The number of rotatable bonds is 3. The number of benzene rings is 1. The number of ether oxygens (including phenoxy) is 1. The zero-order valence-electron chi connectivity index (χ0n) is 10.9. The van der Waals surface area contributed by atoms with Crippen LogP contribution in [0.5, 0.6) is 5.75 Å². The summed E-state index contributed by atoms with van der Waals surface area (Å²) in [7, 11) is 1.44. The number of pyridine rings is 1. The third-order valence-corrected chi connectivity index (χ3v) is 3.15. The van der Waals surface area contributed by atoms with E-state index < -0.39 is 5.91 Å². The fourth-order valence-corrected chi connectivity index (χ4v) is 2.01. The van der Waals surface area contributed by atoms with Crippen molar-refractivity contribution in [2.24, 2.45) is 0 Å². The van der Waals surface area contributed by atoms with E-state index in [9.17, 15) is 4.79 Å². The molecule has 5 nitrogen and oxygen atoms in total. The van der Waals surface area contributed by atoms with Crippen LogP contribution in [0.15, 0.2) is 30.3 Å². The Balaban J connectivity index is 2.41. The summed E-state index contributed by atoms with van der Waals surface area (Å²) < 4.78 is 5.13. The molecule has 0 unspecified atom stereocenters. The third-order valence-electron chi connectivity index (χ3n) is 2.63. The van der Waals surface area contributed by atoms with Crippen molar-refractivity contribution >= 4 is 34.8 Å². The monoisotopic (exact) mass is 321 g/mol. The largest absolute Gasteiger partial charge is 0.495 e. The molecule has 2 rings (SSSR count). The van der Waals surface area contributed by atoms with Crippen molar-refractivity contribution in [2.75, 3.05) is 12.4 Å². The zero-order chi connectivity index (χ0) is 15.4. The average molecular weight is 322 g/mol. The third kappa shape index (κ3) is 3.24. The summed E-state index contributed by atoms with van der Waals surface area (Å²) in [5, 5.41) is 12.0. The van der Waals surface area contributed by atoms with Gasteiger partial charge in [-0.05, 0) is 24.3 Å². The maximum Gasteiger partial charge on any atom is 0.276 e. The standard InChI is InChI=1S/C14H9Cl2N3O2/c1-21-10-4-2-3-8(7-17)12(10)19-14(20)13-9(15)5-6-11(16)18-13/h2-6H,1H3,(H,19,20). The predicted octanol–water partition coefficient (Wildman–Crippen LogP) is 3.52. The van der Waals surface area contributed by atoms with Crippen LogP contribution in [0.3, 0.4) is 0 Å². The minimum Gasteiger partial charge on any atom is -0.495 e. The van der Waals surface area contributed by atoms with Crippen LogP contribution >= 0.6 is 23.2 Å². The Morgan fingerprint density at radius 1 is 1.33 bits per heavy atom. The van der Waals surface area contributed by atoms with Crippen LogP contribution in [-0.2, 0) is 0 Å². The van der Waals surface area contributed by atoms with E-state index in [4.69, 9.17) is 33.2 Å². The van der Waals surface area contributed by atoms with Crippen molar-refractivity contribution in [3.05, 3.63) is 51.8 Å². The van der Waals surface area contributed by atoms with Gasteiger partial charge in [-0.2, -0.15) is 5.26 Å². The summed E-state index contributed by atoms with van der Waals surface area (Å²) in [4.78, 5) is 16.1. The van der Waals surface area contributed by atoms with Crippen LogP contribution < -0.4 is 10.1 Å². The molecular weight excluding hydrogens is 313 g/mol. The van der Waals surface area contributed by atoms with Crippen molar-refractivity contribution in [3.63, 3.8) is 0 Å². The van der Waals surface area contributed by atoms with Crippen LogP contribution in [0.2, 0.25) is 10.2 Å². The van der Waals surface area contributed by atoms with Crippen LogP contribution in [0, 0.1) is 11.3 Å². The van der Waals surface area contributed by atoms with E-state index in [2.05, 4.69) is 10.3 Å². The molecule has 1 amide bonds. The number of hydrogen-bond acceptors (Lipinski definition) is 4. The molecule has 1 aromatic carbocycles. The van der Waals surface area contributed by atoms with E-state index in [0.29, 0.717) is 5.75 Å². The maximum atomic E-state index is 12.2. The highest BCUT2D eigenvalue weighted by molar-refractivity contribution is 6.35. The Morgan fingerprint density at radius 2 is 2.10 bits per heavy atom. The normalized spacial score (nSPS) is 9.81. The number of carbonyl (C=O) groups excluding carboxylic acids is 1. The summed E-state index contributed by atoms with van der Waals surface area (Å²) in [6, 6.07) is 9.77. The molecule has 1 aromatic heterocycles. The second-order valence-electron chi connectivity index (χ2n) is 3.91. The topological polar surface area (TPSA) is 75.0 Å². The molecule has 0 aliphatic heterocycles. The van der Waals surface area contributed by atoms with Crippen molar-refractivity contribution < 1.29 is 9.53 Å². The highest BCUT2D eigenvalue weighted by atomic mass is 35.5. The molecule has 0 aliphatic rings. The number of anilines is 1. The molecule has 0 saturated heterocycles. The van der Waals surface area contributed by atoms with Gasteiger partial charge in [-0.15, -0.1) is 0 Å². The molecule has 0 aliphatic carbocycles. The van der Waals surface area contributed by atoms with Crippen molar-refractivity contribution in [3.8, 4) is 11.8 Å². The minimum atomic E-state index is -0.580. The number of nitriles is 1. The Bertz CT molecular complexity index is 741. The summed E-state index contributed by atoms with van der Waals surface area (Å²) in [6.07, 6.45) is 0. The minimum absolute atomic E-state index is 0.0287. The Hall–Kier alpha value is -2.29. The van der Waals surface area contributed by atoms with Crippen molar-refractivity contribution in [2.45, 2.75) is 0 Å². The maximum absolute atomic E-state index is 12.2. The number of para-hydroxylation sites is 1. The number of methoxy groups -OCH3 is 1. The highest BCUT2D eigenvalue weighted by Crippen LogP contribution is 2.29. The van der Waals surface area contributed by atoms with Gasteiger partial charge in [0.15, 0.2) is 0 Å². The summed E-state index contributed by atoms with van der Waals surface area (Å²) >= 11 is 11.7. The molecule has 106 valence electrons. The second kappa shape index (κ2) is 6.44. The van der Waals surface area contributed by atoms with Gasteiger partial charge in [-0.25, -0.2) is 4.98 Å². The summed E-state index contributed by atoms with van der Waals surface area (Å²) in [5.41, 5.74) is 0.491. The van der Waals surface area contributed by atoms with Gasteiger partial charge in [0.05, 0.1) is 17.7 Å². The van der Waals surface area contributed by atoms with Crippen LogP contribution in [0.4, 0.5) is 5.69 Å². The first-order valence-electron chi connectivity index (χ1n) is 5.77. The number of amides is 1. The first kappa shape index (κ1) is 15.1. The lowest BCUT2D eigenvalue weighted by Gasteiger charge is -2.11. The molecule has 1 heterocycles. The fourth-order valence-electron chi connectivity index (χ4n) is 1.67. The van der Waals surface area contributed by atoms with E-state index in [1.807, 2.05) is 6.07 Å². The number of nitrogens with zero attached hydrogens (tertiary/aromatic N) is 2. The second-order valence-corrected chi connectivity index (χ2v) is 4.71. The van der Waals surface area contributed by atoms with Gasteiger partial charge >= 0.3 is 0 Å². The first-order chi connectivity index (χ1) is 10.1. The van der Waals surface area contributed by atoms with Crippen LogP contribution in [-0.4, -0.2) is 18.0 Å². The van der Waals surface area contributed by atoms with E-state index in [-0.39, 0.29) is 27.1 Å². The summed E-state index contributed by atoms with van der Waals surface area (Å²) in [5.74, 6) is -0.218. The quantitative estimate of drug-likeness (QED) is 0.877. The van der Waals surface area contributed by atoms with Gasteiger partial charge < -0.3 is 10.1 Å². The number of hydrogen-bond donors (Lipinski definition) is 1. The van der Waals surface area contributed by atoms with E-state index in [1.165, 1.54) is 19.2 Å². The lowest BCUT2D eigenvalue weighted by Crippen LogP contribution is -2.16. The zero-order valence-corrected chi connectivity index (χ0v) is 12.4. The molecule has 0 saturated carbocycles. The lowest BCUT2D eigenvalue weighted by atomic mass is 10.1. The molecule has 0 radical (unpaired) electrons. The SMILES string of the molecule is COc1cccc(C#N)c1NC(=O)c1nc(Cl)ccc1Cl. The molecule has 21 heavy (non-hydrogen) atoms. The number of carbonyl (C=O) groups is 1. The number of aromatic nitrogens is 1. The number of halogens is 2. The molecule has 7 heteroatoms. The van der Waals surface area contributed by atoms with Gasteiger partial charge in [-0.1, -0.05) is 29.3 Å². The molecule has 0 atom stereocenters. The molecule has 1 N–H and O–H groups in total. The Kier molecular flexibility index (Phi) is 4.63. The van der Waals surface area contributed by atoms with Crippen molar-refractivity contribution in [1.82, 2.24) is 4.98 Å². The average Bonchev–Trinajstić information content (AvgIpc) is 2.49. The summed E-state index contributed by atoms with van der Waals surface area (Å²) in [6.45, 7) is 0. The highest BCUT2D eigenvalue weighted by Gasteiger charge is 2.17. The van der Waals surface area contributed by atoms with E-state index in [1.54, 1.807) is 18.2 Å². The van der Waals surface area contributed by atoms with E-state index >= 15 is 0 Å². The Morgan fingerprint density at radius 3 is 2.76 bits per heavy atom. The van der Waals surface area contributed by atoms with Gasteiger partial charge in [0.25, 0.3) is 5.91 Å². The smallest absolute Gasteiger partial charge is 0.276 e. The van der Waals surface area contributed by atoms with Gasteiger partial charge in [0, 0.05) is 0 Å². The van der Waals surface area contributed by atoms with Crippen LogP contribution in [0.1, 0.15) is 16.1 Å². The molecule has 2 aromatic rings. The molecule has 0 spiro atoms. The van der Waals surface area contributed by atoms with Gasteiger partial charge in [0.1, 0.15) is 28.4 Å². The fraction of sp³-hybridized carbons (Fsp3) is 0.0714. The molecular formula is C14H9Cl2N3O2. The van der Waals surface area contributed by atoms with Crippen molar-refractivity contribution in [1.29, 1.82) is 5.26 Å². The van der Waals surface area contributed by atoms with Gasteiger partial charge in [0.2, 0.25) is 0 Å². The Labute approximate surface area is 131 Å².